The molecule has 1 amide bonds. The third-order valence-corrected chi connectivity index (χ3v) is 3.85. The molecule has 1 atom stereocenters. The molecule has 1 aliphatic rings. The highest BCUT2D eigenvalue weighted by Gasteiger charge is 2.28. The Morgan fingerprint density at radius 3 is 2.95 bits per heavy atom. The maximum Gasteiger partial charge on any atom is 0.290 e. The van der Waals surface area contributed by atoms with Crippen molar-refractivity contribution in [2.24, 2.45) is 0 Å². The second-order valence-electron chi connectivity index (χ2n) is 5.25. The molecule has 1 N–H and O–H groups in total. The van der Waals surface area contributed by atoms with Crippen molar-refractivity contribution >= 4 is 29.3 Å². The van der Waals surface area contributed by atoms with Crippen LogP contribution in [-0.2, 0) is 0 Å². The van der Waals surface area contributed by atoms with E-state index in [2.05, 4.69) is 5.32 Å². The number of piperazine rings is 1. The second-order valence-corrected chi connectivity index (χ2v) is 5.25. The van der Waals surface area contributed by atoms with Crippen molar-refractivity contribution in [1.82, 2.24) is 10.2 Å². The molecule has 1 aliphatic heterocycles. The summed E-state index contributed by atoms with van der Waals surface area (Å²) in [5, 5.41) is 3.91. The van der Waals surface area contributed by atoms with Gasteiger partial charge in [-0.2, -0.15) is 0 Å². The topological polar surface area (TPSA) is 45.5 Å². The summed E-state index contributed by atoms with van der Waals surface area (Å²) in [6, 6.07) is 4.44. The molecule has 0 saturated carbocycles. The summed E-state index contributed by atoms with van der Waals surface area (Å²) in [4.78, 5) is 14.4. The largest absolute Gasteiger partial charge is 0.451 e. The molecule has 21 heavy (non-hydrogen) atoms. The number of hydrogen-bond acceptors (Lipinski definition) is 3. The summed E-state index contributed by atoms with van der Waals surface area (Å²) in [5.74, 6) is -0.122. The lowest BCUT2D eigenvalue weighted by molar-refractivity contribution is 0.0624. The minimum absolute atomic E-state index is 0. The first-order valence-electron chi connectivity index (χ1n) is 6.78. The summed E-state index contributed by atoms with van der Waals surface area (Å²) < 4.78 is 18.9. The average molecular weight is 313 g/mol. The highest BCUT2D eigenvalue weighted by Crippen LogP contribution is 2.27. The van der Waals surface area contributed by atoms with E-state index < -0.39 is 0 Å². The molecule has 2 aromatic rings. The van der Waals surface area contributed by atoms with Crippen LogP contribution in [0, 0.1) is 12.7 Å². The number of halogens is 2. The van der Waals surface area contributed by atoms with Crippen LogP contribution in [0.5, 0.6) is 0 Å². The van der Waals surface area contributed by atoms with Gasteiger partial charge in [-0.3, -0.25) is 4.79 Å². The van der Waals surface area contributed by atoms with Gasteiger partial charge in [-0.1, -0.05) is 0 Å². The lowest BCUT2D eigenvalue weighted by atomic mass is 10.1. The number of amides is 1. The predicted octanol–water partition coefficient (Wildman–Crippen LogP) is 2.74. The minimum Gasteiger partial charge on any atom is -0.451 e. The molecule has 0 radical (unpaired) electrons. The third kappa shape index (κ3) is 2.76. The van der Waals surface area contributed by atoms with Crippen LogP contribution in [0.2, 0.25) is 0 Å². The number of hydrogen-bond donors (Lipinski definition) is 1. The van der Waals surface area contributed by atoms with Crippen LogP contribution in [0.4, 0.5) is 4.39 Å². The standard InChI is InChI=1S/C15H17FN2O2.ClH/c1-9-8-17-5-6-18(9)15(19)14-10(2)12-7-11(16)3-4-13(12)20-14;/h3-4,7,9,17H,5-6,8H2,1-2H3;1H/t9-;/m1./s1. The number of carbonyl (C=O) groups is 1. The Bertz CT molecular complexity index is 671. The fraction of sp³-hybridized carbons (Fsp3) is 0.400. The van der Waals surface area contributed by atoms with Crippen molar-refractivity contribution in [3.63, 3.8) is 0 Å². The van der Waals surface area contributed by atoms with Gasteiger partial charge in [0.05, 0.1) is 0 Å². The van der Waals surface area contributed by atoms with E-state index in [-0.39, 0.29) is 30.2 Å². The van der Waals surface area contributed by atoms with E-state index in [1.165, 1.54) is 12.1 Å². The van der Waals surface area contributed by atoms with Gasteiger partial charge in [-0.25, -0.2) is 4.39 Å². The van der Waals surface area contributed by atoms with E-state index in [4.69, 9.17) is 4.42 Å². The lowest BCUT2D eigenvalue weighted by Gasteiger charge is -2.33. The summed E-state index contributed by atoms with van der Waals surface area (Å²) in [7, 11) is 0. The second kappa shape index (κ2) is 6.03. The van der Waals surface area contributed by atoms with Crippen LogP contribution < -0.4 is 5.32 Å². The molecule has 0 aliphatic carbocycles. The van der Waals surface area contributed by atoms with Gasteiger partial charge in [-0.05, 0) is 32.0 Å². The molecule has 1 aromatic heterocycles. The van der Waals surface area contributed by atoms with Gasteiger partial charge in [0.15, 0.2) is 5.76 Å². The SMILES string of the molecule is Cc1c(C(=O)N2CCNC[C@H]2C)oc2ccc(F)cc12.Cl. The predicted molar refractivity (Wildman–Crippen MR) is 81.5 cm³/mol. The van der Waals surface area contributed by atoms with Crippen LogP contribution in [-0.4, -0.2) is 36.5 Å². The molecule has 1 aromatic carbocycles. The van der Waals surface area contributed by atoms with Gasteiger partial charge in [0.2, 0.25) is 0 Å². The number of benzene rings is 1. The molecular formula is C15H18ClFN2O2. The zero-order chi connectivity index (χ0) is 14.3. The van der Waals surface area contributed by atoms with Gasteiger partial charge in [0.1, 0.15) is 11.4 Å². The first-order valence-corrected chi connectivity index (χ1v) is 6.78. The fourth-order valence-electron chi connectivity index (χ4n) is 2.67. The molecule has 0 unspecified atom stereocenters. The van der Waals surface area contributed by atoms with E-state index in [1.807, 2.05) is 6.92 Å². The Labute approximate surface area is 128 Å². The van der Waals surface area contributed by atoms with Gasteiger partial charge in [-0.15, -0.1) is 12.4 Å². The van der Waals surface area contributed by atoms with Gasteiger partial charge < -0.3 is 14.6 Å². The number of rotatable bonds is 1. The Hall–Kier alpha value is -1.59. The van der Waals surface area contributed by atoms with Crippen molar-refractivity contribution in [3.05, 3.63) is 35.3 Å². The minimum atomic E-state index is -0.323. The number of furan rings is 1. The number of carbonyl (C=O) groups excluding carboxylic acids is 1. The molecule has 0 bridgehead atoms. The van der Waals surface area contributed by atoms with Crippen LogP contribution in [0.3, 0.4) is 0 Å². The number of nitrogens with one attached hydrogen (secondary N) is 1. The van der Waals surface area contributed by atoms with E-state index in [9.17, 15) is 9.18 Å². The summed E-state index contributed by atoms with van der Waals surface area (Å²) in [5.41, 5.74) is 1.25. The Kier molecular flexibility index (Phi) is 4.54. The quantitative estimate of drug-likeness (QED) is 0.880. The van der Waals surface area contributed by atoms with Crippen molar-refractivity contribution in [3.8, 4) is 0 Å². The molecule has 1 fully saturated rings. The van der Waals surface area contributed by atoms with E-state index in [1.54, 1.807) is 17.9 Å². The molecule has 114 valence electrons. The van der Waals surface area contributed by atoms with Crippen LogP contribution in [0.15, 0.2) is 22.6 Å². The zero-order valence-corrected chi connectivity index (χ0v) is 12.8. The van der Waals surface area contributed by atoms with Crippen molar-refractivity contribution < 1.29 is 13.6 Å². The molecule has 1 saturated heterocycles. The summed E-state index contributed by atoms with van der Waals surface area (Å²) >= 11 is 0. The Morgan fingerprint density at radius 1 is 1.48 bits per heavy atom. The monoisotopic (exact) mass is 312 g/mol. The van der Waals surface area contributed by atoms with Crippen molar-refractivity contribution in [1.29, 1.82) is 0 Å². The lowest BCUT2D eigenvalue weighted by Crippen LogP contribution is -2.52. The summed E-state index contributed by atoms with van der Waals surface area (Å²) in [6.07, 6.45) is 0. The van der Waals surface area contributed by atoms with E-state index in [0.717, 1.165) is 13.1 Å². The molecule has 4 nitrogen and oxygen atoms in total. The smallest absolute Gasteiger partial charge is 0.290 e. The first-order chi connectivity index (χ1) is 9.58. The van der Waals surface area contributed by atoms with Gasteiger partial charge in [0.25, 0.3) is 5.91 Å². The Morgan fingerprint density at radius 2 is 2.24 bits per heavy atom. The van der Waals surface area contributed by atoms with Gasteiger partial charge in [0, 0.05) is 36.6 Å². The third-order valence-electron chi connectivity index (χ3n) is 3.85. The van der Waals surface area contributed by atoms with Crippen LogP contribution >= 0.6 is 12.4 Å². The molecule has 6 heteroatoms. The van der Waals surface area contributed by atoms with E-state index in [0.29, 0.717) is 28.8 Å². The van der Waals surface area contributed by atoms with Crippen molar-refractivity contribution in [2.45, 2.75) is 19.9 Å². The highest BCUT2D eigenvalue weighted by atomic mass is 35.5. The first kappa shape index (κ1) is 15.8. The van der Waals surface area contributed by atoms with Crippen molar-refractivity contribution in [2.75, 3.05) is 19.6 Å². The van der Waals surface area contributed by atoms with E-state index >= 15 is 0 Å². The van der Waals surface area contributed by atoms with Crippen LogP contribution in [0.25, 0.3) is 11.0 Å². The summed E-state index contributed by atoms with van der Waals surface area (Å²) in [6.45, 7) is 6.02. The number of fused-ring (bicyclic) bond motifs is 1. The maximum atomic E-state index is 13.3. The Balaban J connectivity index is 0.00000161. The normalized spacial score (nSPS) is 18.6. The maximum absolute atomic E-state index is 13.3. The number of nitrogens with zero attached hydrogens (tertiary/aromatic N) is 1. The highest BCUT2D eigenvalue weighted by molar-refractivity contribution is 5.99. The average Bonchev–Trinajstić information content (AvgIpc) is 2.76. The van der Waals surface area contributed by atoms with Crippen LogP contribution in [0.1, 0.15) is 23.0 Å². The molecule has 2 heterocycles. The number of aryl methyl sites for hydroxylation is 1. The molecule has 3 rings (SSSR count). The fourth-order valence-corrected chi connectivity index (χ4v) is 2.67. The molecular weight excluding hydrogens is 295 g/mol. The molecule has 0 spiro atoms. The zero-order valence-electron chi connectivity index (χ0n) is 12.0. The van der Waals surface area contributed by atoms with Gasteiger partial charge >= 0.3 is 0 Å².